The van der Waals surface area contributed by atoms with Crippen molar-refractivity contribution in [3.8, 4) is 11.5 Å². The van der Waals surface area contributed by atoms with E-state index in [-0.39, 0.29) is 68.7 Å². The molecule has 57 heavy (non-hydrogen) atoms. The van der Waals surface area contributed by atoms with E-state index in [1.54, 1.807) is 6.07 Å². The Hall–Kier alpha value is -5.05. The van der Waals surface area contributed by atoms with Gasteiger partial charge in [-0.05, 0) is 92.6 Å². The van der Waals surface area contributed by atoms with E-state index in [0.29, 0.717) is 16.8 Å². The maximum Gasteiger partial charge on any atom is 0.387 e. The first-order chi connectivity index (χ1) is 27.4. The third kappa shape index (κ3) is 9.92. The predicted molar refractivity (Wildman–Crippen MR) is 201 cm³/mol. The highest BCUT2D eigenvalue weighted by Gasteiger charge is 2.39. The van der Waals surface area contributed by atoms with Gasteiger partial charge < -0.3 is 29.5 Å². The largest absolute Gasteiger partial charge is 0.619 e. The number of hydrogen-bond acceptors (Lipinski definition) is 9. The summed E-state index contributed by atoms with van der Waals surface area (Å²) in [5.74, 6) is -3.00. The lowest BCUT2D eigenvalue weighted by atomic mass is 9.86. The Kier molecular flexibility index (Phi) is 12.4. The van der Waals surface area contributed by atoms with Crippen LogP contribution in [0.4, 0.5) is 13.2 Å². The molecular weight excluding hydrogens is 790 g/mol. The Bertz CT molecular complexity index is 2110. The Morgan fingerprint density at radius 1 is 0.912 bits per heavy atom. The zero-order valence-corrected chi connectivity index (χ0v) is 31.9. The molecule has 16 heteroatoms. The molecule has 3 saturated heterocycles. The van der Waals surface area contributed by atoms with Crippen molar-refractivity contribution in [1.29, 1.82) is 0 Å². The molecule has 1 aromatic heterocycles. The van der Waals surface area contributed by atoms with E-state index in [0.717, 1.165) is 51.2 Å². The van der Waals surface area contributed by atoms with Gasteiger partial charge in [0, 0.05) is 29.7 Å². The fourth-order valence-corrected chi connectivity index (χ4v) is 7.69. The van der Waals surface area contributed by atoms with E-state index < -0.39 is 48.5 Å². The average molecular weight is 829 g/mol. The van der Waals surface area contributed by atoms with Gasteiger partial charge in [0.1, 0.15) is 28.1 Å². The smallest absolute Gasteiger partial charge is 0.387 e. The summed E-state index contributed by atoms with van der Waals surface area (Å²) in [5.41, 5.74) is 0.354. The van der Waals surface area contributed by atoms with Crippen LogP contribution in [0.3, 0.4) is 0 Å². The number of benzene rings is 3. The molecule has 11 nitrogen and oxygen atoms in total. The standard InChI is InChI=1S/C41H38Cl2F3N3O8/c42-30-19-49(53)20-31(43)29(30)18-34(25-10-11-33(57-41(45)46)35(17-25)54-22-23-8-9-23)55-39(51)27-5-3-4-26(16-27)38(50)47-37(28-6-1-2-7-32(28)44)40(52)56-36-21-48-14-12-24(36)13-15-48/h1-7,10-11,16-17,19-20,23-24,34,36-37,41H,8-9,12-15,18,21-22H2,(H,47,50)/t34-,36-,37?/m0/s1. The molecule has 4 heterocycles. The number of carbonyl (C=O) groups excluding carboxylic acids is 3. The number of nitrogens with one attached hydrogen (secondary N) is 1. The van der Waals surface area contributed by atoms with Crippen LogP contribution in [0.1, 0.15) is 75.2 Å². The van der Waals surface area contributed by atoms with Gasteiger partial charge in [0.25, 0.3) is 5.91 Å². The number of ether oxygens (including phenoxy) is 4. The van der Waals surface area contributed by atoms with Crippen molar-refractivity contribution in [3.05, 3.63) is 128 Å². The van der Waals surface area contributed by atoms with Gasteiger partial charge in [0.15, 0.2) is 29.9 Å². The lowest BCUT2D eigenvalue weighted by Gasteiger charge is -2.44. The molecule has 4 fully saturated rings. The van der Waals surface area contributed by atoms with Crippen molar-refractivity contribution in [2.75, 3.05) is 26.2 Å². The van der Waals surface area contributed by atoms with E-state index in [4.69, 9.17) is 37.4 Å². The van der Waals surface area contributed by atoms with Crippen LogP contribution in [0.25, 0.3) is 0 Å². The fraction of sp³-hybridized carbons (Fsp3) is 0.366. The molecule has 4 aliphatic rings. The average Bonchev–Trinajstić information content (AvgIpc) is 4.03. The fourth-order valence-electron chi connectivity index (χ4n) is 7.10. The molecule has 0 spiro atoms. The lowest BCUT2D eigenvalue weighted by Crippen LogP contribution is -2.52. The maximum atomic E-state index is 15.1. The van der Waals surface area contributed by atoms with Crippen LogP contribution in [-0.4, -0.2) is 61.7 Å². The first kappa shape index (κ1) is 40.2. The van der Waals surface area contributed by atoms with Crippen LogP contribution < -0.4 is 19.5 Å². The summed E-state index contributed by atoms with van der Waals surface area (Å²) in [6, 6.07) is 13.7. The highest BCUT2D eigenvalue weighted by atomic mass is 35.5. The summed E-state index contributed by atoms with van der Waals surface area (Å²) in [6.45, 7) is -0.477. The van der Waals surface area contributed by atoms with Gasteiger partial charge in [-0.3, -0.25) is 9.69 Å². The molecule has 1 unspecified atom stereocenters. The maximum absolute atomic E-state index is 15.1. The van der Waals surface area contributed by atoms with Crippen molar-refractivity contribution in [3.63, 3.8) is 0 Å². The number of alkyl halides is 2. The topological polar surface area (TPSA) is 130 Å². The minimum absolute atomic E-state index is 0.00138. The van der Waals surface area contributed by atoms with Crippen molar-refractivity contribution in [2.24, 2.45) is 11.8 Å². The predicted octanol–water partition coefficient (Wildman–Crippen LogP) is 7.41. The summed E-state index contributed by atoms with van der Waals surface area (Å²) in [4.78, 5) is 43.5. The van der Waals surface area contributed by atoms with Crippen molar-refractivity contribution >= 4 is 41.0 Å². The molecule has 3 aromatic carbocycles. The molecule has 8 rings (SSSR count). The second-order valence-electron chi connectivity index (χ2n) is 14.4. The molecule has 1 aliphatic carbocycles. The minimum atomic E-state index is -3.13. The van der Waals surface area contributed by atoms with Gasteiger partial charge in [-0.2, -0.15) is 13.5 Å². The quantitative estimate of drug-likeness (QED) is 0.0740. The van der Waals surface area contributed by atoms with Crippen molar-refractivity contribution in [2.45, 2.75) is 57.0 Å². The first-order valence-corrected chi connectivity index (χ1v) is 19.2. The van der Waals surface area contributed by atoms with Gasteiger partial charge in [-0.15, -0.1) is 0 Å². The number of fused-ring (bicyclic) bond motifs is 3. The molecule has 1 amide bonds. The van der Waals surface area contributed by atoms with Crippen molar-refractivity contribution < 1.29 is 51.2 Å². The number of carbonyl (C=O) groups is 3. The van der Waals surface area contributed by atoms with Gasteiger partial charge >= 0.3 is 18.6 Å². The zero-order valence-electron chi connectivity index (χ0n) is 30.4. The Balaban J connectivity index is 1.14. The number of amides is 1. The van der Waals surface area contributed by atoms with Crippen LogP contribution in [0.5, 0.6) is 11.5 Å². The number of esters is 2. The van der Waals surface area contributed by atoms with Gasteiger partial charge in [-0.25, -0.2) is 14.0 Å². The van der Waals surface area contributed by atoms with Crippen LogP contribution in [0.15, 0.2) is 79.1 Å². The summed E-state index contributed by atoms with van der Waals surface area (Å²) >= 11 is 12.8. The second-order valence-corrected chi connectivity index (χ2v) is 15.2. The third-order valence-electron chi connectivity index (χ3n) is 10.4. The number of rotatable bonds is 15. The van der Waals surface area contributed by atoms with Crippen LogP contribution >= 0.6 is 23.2 Å². The monoisotopic (exact) mass is 827 g/mol. The van der Waals surface area contributed by atoms with Crippen LogP contribution in [0, 0.1) is 22.9 Å². The van der Waals surface area contributed by atoms with E-state index in [9.17, 15) is 28.4 Å². The highest BCUT2D eigenvalue weighted by Crippen LogP contribution is 2.38. The summed E-state index contributed by atoms with van der Waals surface area (Å²) < 4.78 is 64.5. The molecule has 1 N–H and O–H groups in total. The number of pyridine rings is 1. The first-order valence-electron chi connectivity index (χ1n) is 18.5. The summed E-state index contributed by atoms with van der Waals surface area (Å²) in [7, 11) is 0. The van der Waals surface area contributed by atoms with E-state index in [2.05, 4.69) is 15.0 Å². The molecule has 4 aromatic rings. The third-order valence-corrected chi connectivity index (χ3v) is 11.0. The number of hydrogen-bond donors (Lipinski definition) is 1. The Morgan fingerprint density at radius 2 is 1.63 bits per heavy atom. The lowest BCUT2D eigenvalue weighted by molar-refractivity contribution is -0.605. The van der Waals surface area contributed by atoms with E-state index >= 15 is 4.39 Å². The van der Waals surface area contributed by atoms with Crippen molar-refractivity contribution in [1.82, 2.24) is 10.2 Å². The number of aromatic nitrogens is 1. The number of piperidine rings is 3. The molecule has 300 valence electrons. The van der Waals surface area contributed by atoms with Gasteiger partial charge in [0.05, 0.1) is 12.2 Å². The zero-order chi connectivity index (χ0) is 40.2. The van der Waals surface area contributed by atoms with E-state index in [1.165, 1.54) is 60.7 Å². The van der Waals surface area contributed by atoms with Gasteiger partial charge in [0.2, 0.25) is 0 Å². The summed E-state index contributed by atoms with van der Waals surface area (Å²) in [5, 5.41) is 14.5. The molecule has 3 aliphatic heterocycles. The second kappa shape index (κ2) is 17.6. The molecule has 3 atom stereocenters. The highest BCUT2D eigenvalue weighted by molar-refractivity contribution is 6.35. The summed E-state index contributed by atoms with van der Waals surface area (Å²) in [6.07, 6.45) is 4.03. The van der Waals surface area contributed by atoms with Crippen LogP contribution in [-0.2, 0) is 20.7 Å². The Labute approximate surface area is 336 Å². The Morgan fingerprint density at radius 3 is 2.30 bits per heavy atom. The van der Waals surface area contributed by atoms with Gasteiger partial charge in [-0.1, -0.05) is 53.5 Å². The minimum Gasteiger partial charge on any atom is -0.619 e. The number of nitrogens with zero attached hydrogens (tertiary/aromatic N) is 2. The molecule has 1 saturated carbocycles. The SMILES string of the molecule is O=C(NC(C(=O)O[C@H]1CN2CCC1CC2)c1ccccc1F)c1cccc(C(=O)O[C@@H](Cc2c(Cl)c[n+]([O-])cc2Cl)c2ccc(OC(F)F)c(OCC3CC3)c2)c1. The molecule has 2 bridgehead atoms. The van der Waals surface area contributed by atoms with E-state index in [1.807, 2.05) is 0 Å². The number of halogens is 5. The van der Waals surface area contributed by atoms with Crippen LogP contribution in [0.2, 0.25) is 10.0 Å². The molecular formula is C41H38Cl2F3N3O8. The molecule has 0 radical (unpaired) electrons. The normalized spacial score (nSPS) is 19.7.